The standard InChI is InChI=1S/C16H17ClN4O3S2/c1-20(9-14-18-11-5-3-4-6-12(11)19-14)15(22)10-21(2)26(23,24)16-8-7-13(17)25-16/h3-8H,9-10H2,1-2H3,(H,18,19). The van der Waals surface area contributed by atoms with Gasteiger partial charge in [-0.1, -0.05) is 23.7 Å². The lowest BCUT2D eigenvalue weighted by Gasteiger charge is -2.20. The highest BCUT2D eigenvalue weighted by molar-refractivity contribution is 7.91. The quantitative estimate of drug-likeness (QED) is 0.674. The first-order valence-corrected chi connectivity index (χ1v) is 10.3. The summed E-state index contributed by atoms with van der Waals surface area (Å²) in [6, 6.07) is 10.5. The van der Waals surface area contributed by atoms with Crippen LogP contribution in [0.4, 0.5) is 0 Å². The average molecular weight is 413 g/mol. The van der Waals surface area contributed by atoms with Crippen LogP contribution in [0, 0.1) is 0 Å². The van der Waals surface area contributed by atoms with Crippen molar-refractivity contribution in [2.24, 2.45) is 0 Å². The van der Waals surface area contributed by atoms with Gasteiger partial charge in [-0.15, -0.1) is 11.3 Å². The van der Waals surface area contributed by atoms with Crippen molar-refractivity contribution in [3.05, 3.63) is 46.6 Å². The molecule has 3 aromatic rings. The van der Waals surface area contributed by atoms with Crippen LogP contribution in [0.1, 0.15) is 5.82 Å². The van der Waals surface area contributed by atoms with Crippen LogP contribution in [0.25, 0.3) is 11.0 Å². The second-order valence-corrected chi connectivity index (χ2v) is 9.76. The number of aromatic amines is 1. The fraction of sp³-hybridized carbons (Fsp3) is 0.250. The minimum atomic E-state index is -3.74. The first-order chi connectivity index (χ1) is 12.3. The topological polar surface area (TPSA) is 86.4 Å². The summed E-state index contributed by atoms with van der Waals surface area (Å²) in [6.45, 7) is -0.0131. The van der Waals surface area contributed by atoms with Gasteiger partial charge in [-0.05, 0) is 24.3 Å². The number of carbonyl (C=O) groups is 1. The number of nitrogens with zero attached hydrogens (tertiary/aromatic N) is 3. The Kier molecular flexibility index (Phi) is 5.33. The first kappa shape index (κ1) is 18.8. The molecule has 3 rings (SSSR count). The summed E-state index contributed by atoms with van der Waals surface area (Å²) in [6.07, 6.45) is 0. The van der Waals surface area contributed by atoms with Crippen LogP contribution in [0.15, 0.2) is 40.6 Å². The van der Waals surface area contributed by atoms with Gasteiger partial charge in [0.2, 0.25) is 5.91 Å². The number of aromatic nitrogens is 2. The lowest BCUT2D eigenvalue weighted by Crippen LogP contribution is -2.39. The average Bonchev–Trinajstić information content (AvgIpc) is 3.20. The van der Waals surface area contributed by atoms with E-state index in [1.165, 1.54) is 24.1 Å². The number of rotatable bonds is 6. The van der Waals surface area contributed by atoms with Crippen molar-refractivity contribution in [1.29, 1.82) is 0 Å². The molecule has 1 aromatic carbocycles. The van der Waals surface area contributed by atoms with E-state index in [2.05, 4.69) is 9.97 Å². The van der Waals surface area contributed by atoms with E-state index in [1.54, 1.807) is 7.05 Å². The van der Waals surface area contributed by atoms with Crippen molar-refractivity contribution in [2.75, 3.05) is 20.6 Å². The van der Waals surface area contributed by atoms with Gasteiger partial charge in [-0.25, -0.2) is 13.4 Å². The molecule has 2 heterocycles. The molecular weight excluding hydrogens is 396 g/mol. The van der Waals surface area contributed by atoms with Crippen LogP contribution in [-0.2, 0) is 21.4 Å². The number of amides is 1. The van der Waals surface area contributed by atoms with Crippen LogP contribution >= 0.6 is 22.9 Å². The molecule has 1 N–H and O–H groups in total. The Hall–Kier alpha value is -1.94. The number of carbonyl (C=O) groups excluding carboxylic acids is 1. The molecule has 0 unspecified atom stereocenters. The number of hydrogen-bond acceptors (Lipinski definition) is 5. The number of likely N-dealkylation sites (N-methyl/N-ethyl adjacent to an activating group) is 2. The Morgan fingerprint density at radius 3 is 2.62 bits per heavy atom. The van der Waals surface area contributed by atoms with Crippen molar-refractivity contribution in [1.82, 2.24) is 19.2 Å². The van der Waals surface area contributed by atoms with Gasteiger partial charge in [-0.2, -0.15) is 4.31 Å². The van der Waals surface area contributed by atoms with Crippen LogP contribution < -0.4 is 0 Å². The van der Waals surface area contributed by atoms with E-state index in [9.17, 15) is 13.2 Å². The fourth-order valence-corrected chi connectivity index (χ4v) is 5.19. The molecule has 0 bridgehead atoms. The van der Waals surface area contributed by atoms with Gasteiger partial charge in [0.25, 0.3) is 10.0 Å². The number of hydrogen-bond donors (Lipinski definition) is 1. The highest BCUT2D eigenvalue weighted by atomic mass is 35.5. The molecule has 0 aliphatic carbocycles. The molecule has 0 radical (unpaired) electrons. The second-order valence-electron chi connectivity index (χ2n) is 5.77. The normalized spacial score (nSPS) is 12.0. The molecule has 26 heavy (non-hydrogen) atoms. The van der Waals surface area contributed by atoms with E-state index in [-0.39, 0.29) is 23.2 Å². The van der Waals surface area contributed by atoms with E-state index < -0.39 is 10.0 Å². The molecule has 0 saturated carbocycles. The zero-order valence-electron chi connectivity index (χ0n) is 14.1. The van der Waals surface area contributed by atoms with Crippen molar-refractivity contribution in [3.63, 3.8) is 0 Å². The highest BCUT2D eigenvalue weighted by Crippen LogP contribution is 2.27. The minimum absolute atomic E-state index is 0.109. The summed E-state index contributed by atoms with van der Waals surface area (Å²) < 4.78 is 26.4. The monoisotopic (exact) mass is 412 g/mol. The van der Waals surface area contributed by atoms with Crippen molar-refractivity contribution in [2.45, 2.75) is 10.8 Å². The number of H-pyrrole nitrogens is 1. The van der Waals surface area contributed by atoms with Gasteiger partial charge in [0.15, 0.2) is 0 Å². The van der Waals surface area contributed by atoms with Crippen molar-refractivity contribution >= 4 is 49.9 Å². The molecule has 0 spiro atoms. The van der Waals surface area contributed by atoms with E-state index in [0.717, 1.165) is 26.7 Å². The molecule has 0 aliphatic heterocycles. The number of nitrogens with one attached hydrogen (secondary N) is 1. The minimum Gasteiger partial charge on any atom is -0.340 e. The molecule has 7 nitrogen and oxygen atoms in total. The molecule has 138 valence electrons. The van der Waals surface area contributed by atoms with E-state index in [0.29, 0.717) is 10.2 Å². The highest BCUT2D eigenvalue weighted by Gasteiger charge is 2.26. The lowest BCUT2D eigenvalue weighted by molar-refractivity contribution is -0.130. The van der Waals surface area contributed by atoms with Gasteiger partial charge in [-0.3, -0.25) is 4.79 Å². The van der Waals surface area contributed by atoms with E-state index >= 15 is 0 Å². The summed E-state index contributed by atoms with van der Waals surface area (Å²) in [5.74, 6) is 0.303. The summed E-state index contributed by atoms with van der Waals surface area (Å²) >= 11 is 6.76. The Morgan fingerprint density at radius 2 is 1.96 bits per heavy atom. The van der Waals surface area contributed by atoms with E-state index in [1.807, 2.05) is 24.3 Å². The zero-order valence-corrected chi connectivity index (χ0v) is 16.5. The summed E-state index contributed by atoms with van der Waals surface area (Å²) in [5.41, 5.74) is 1.70. The van der Waals surface area contributed by atoms with Crippen molar-refractivity contribution in [3.8, 4) is 0 Å². The Balaban J connectivity index is 1.66. The maximum atomic E-state index is 12.5. The van der Waals surface area contributed by atoms with Gasteiger partial charge in [0.1, 0.15) is 10.0 Å². The van der Waals surface area contributed by atoms with Crippen LogP contribution in [-0.4, -0.2) is 54.1 Å². The fourth-order valence-electron chi connectivity index (χ4n) is 2.38. The van der Waals surface area contributed by atoms with Gasteiger partial charge < -0.3 is 9.88 Å². The second kappa shape index (κ2) is 7.36. The smallest absolute Gasteiger partial charge is 0.252 e. The molecule has 0 aliphatic rings. The van der Waals surface area contributed by atoms with Crippen LogP contribution in [0.3, 0.4) is 0 Å². The first-order valence-electron chi connectivity index (χ1n) is 7.66. The van der Waals surface area contributed by atoms with Crippen LogP contribution in [0.2, 0.25) is 4.34 Å². The molecule has 0 saturated heterocycles. The van der Waals surface area contributed by atoms with Crippen molar-refractivity contribution < 1.29 is 13.2 Å². The molecule has 0 atom stereocenters. The molecule has 0 fully saturated rings. The maximum absolute atomic E-state index is 12.5. The third-order valence-corrected chi connectivity index (χ3v) is 7.32. The maximum Gasteiger partial charge on any atom is 0.252 e. The number of fused-ring (bicyclic) bond motifs is 1. The Morgan fingerprint density at radius 1 is 1.23 bits per heavy atom. The third kappa shape index (κ3) is 3.90. The molecule has 2 aromatic heterocycles. The number of sulfonamides is 1. The molecule has 10 heteroatoms. The number of benzene rings is 1. The third-order valence-electron chi connectivity index (χ3n) is 3.82. The number of para-hydroxylation sites is 2. The number of halogens is 1. The zero-order chi connectivity index (χ0) is 18.9. The predicted octanol–water partition coefficient (Wildman–Crippen LogP) is 2.56. The summed E-state index contributed by atoms with van der Waals surface area (Å²) in [5, 5.41) is 0. The predicted molar refractivity (Wildman–Crippen MR) is 102 cm³/mol. The number of imidazole rings is 1. The SMILES string of the molecule is CN(Cc1nc2ccccc2[nH]1)C(=O)CN(C)S(=O)(=O)c1ccc(Cl)s1. The van der Waals surface area contributed by atoms with Gasteiger partial charge in [0.05, 0.1) is 28.5 Å². The molecule has 1 amide bonds. The molecular formula is C16H17ClN4O3S2. The largest absolute Gasteiger partial charge is 0.340 e. The Bertz CT molecular complexity index is 1010. The van der Waals surface area contributed by atoms with Crippen LogP contribution in [0.5, 0.6) is 0 Å². The van der Waals surface area contributed by atoms with E-state index in [4.69, 9.17) is 11.6 Å². The Labute approximate surface area is 160 Å². The summed E-state index contributed by atoms with van der Waals surface area (Å²) in [4.78, 5) is 21.4. The van der Waals surface area contributed by atoms with Gasteiger partial charge >= 0.3 is 0 Å². The van der Waals surface area contributed by atoms with Gasteiger partial charge in [0, 0.05) is 14.1 Å². The number of thiophene rings is 1. The summed E-state index contributed by atoms with van der Waals surface area (Å²) in [7, 11) is -0.764. The lowest BCUT2D eigenvalue weighted by atomic mass is 10.3.